The zero-order chi connectivity index (χ0) is 7.11. The van der Waals surface area contributed by atoms with Crippen molar-refractivity contribution in [3.05, 3.63) is 0 Å². The smallest absolute Gasteiger partial charge is 0.0129 e. The van der Waals surface area contributed by atoms with Crippen molar-refractivity contribution in [1.82, 2.24) is 0 Å². The summed E-state index contributed by atoms with van der Waals surface area (Å²) < 4.78 is 0. The topological polar surface area (TPSA) is 0 Å². The molecule has 0 fully saturated rings. The van der Waals surface area contributed by atoms with Gasteiger partial charge in [-0.25, -0.2) is 0 Å². The molecule has 0 amide bonds. The van der Waals surface area contributed by atoms with Crippen molar-refractivity contribution in [2.24, 2.45) is 0 Å². The molecule has 0 aliphatic rings. The zero-order valence-electron chi connectivity index (χ0n) is 5.92. The molecule has 0 aromatic heterocycles. The van der Waals surface area contributed by atoms with Crippen LogP contribution in [0.25, 0.3) is 0 Å². The maximum atomic E-state index is 2.26. The van der Waals surface area contributed by atoms with Gasteiger partial charge >= 0.3 is 0 Å². The Kier molecular flexibility index (Phi) is 8.67. The first-order chi connectivity index (χ1) is 4.31. The van der Waals surface area contributed by atoms with Gasteiger partial charge in [0.1, 0.15) is 0 Å². The van der Waals surface area contributed by atoms with Gasteiger partial charge in [0.05, 0.1) is 0 Å². The van der Waals surface area contributed by atoms with E-state index in [-0.39, 0.29) is 0 Å². The molecule has 0 radical (unpaired) electrons. The van der Waals surface area contributed by atoms with Crippen LogP contribution in [0.5, 0.6) is 0 Å². The third-order valence-electron chi connectivity index (χ3n) is 0.874. The molecule has 56 valence electrons. The predicted octanol–water partition coefficient (Wildman–Crippen LogP) is 4.09. The van der Waals surface area contributed by atoms with E-state index in [0.717, 1.165) is 5.25 Å². The summed E-state index contributed by atoms with van der Waals surface area (Å²) in [5.41, 5.74) is 0. The van der Waals surface area contributed by atoms with Crippen LogP contribution in [0.1, 0.15) is 20.3 Å². The lowest BCUT2D eigenvalue weighted by Gasteiger charge is -2.03. The van der Waals surface area contributed by atoms with E-state index in [9.17, 15) is 0 Å². The van der Waals surface area contributed by atoms with Gasteiger partial charge in [-0.3, -0.25) is 0 Å². The normalized spacial score (nSPS) is 13.7. The van der Waals surface area contributed by atoms with Gasteiger partial charge in [0.2, 0.25) is 0 Å². The molecule has 9 heavy (non-hydrogen) atoms. The maximum absolute atomic E-state index is 2.26. The molecule has 4 heteroatoms. The summed E-state index contributed by atoms with van der Waals surface area (Å²) in [7, 11) is 7.50. The highest BCUT2D eigenvalue weighted by Gasteiger charge is 1.97. The summed E-state index contributed by atoms with van der Waals surface area (Å²) in [5.74, 6) is 0. The molecule has 0 spiro atoms. The minimum Gasteiger partial charge on any atom is -0.0852 e. The van der Waals surface area contributed by atoms with Crippen LogP contribution in [0.2, 0.25) is 0 Å². The minimum absolute atomic E-state index is 0.801. The van der Waals surface area contributed by atoms with Crippen molar-refractivity contribution in [2.45, 2.75) is 25.5 Å². The summed E-state index contributed by atoms with van der Waals surface area (Å²) >= 11 is 0. The van der Waals surface area contributed by atoms with Gasteiger partial charge in [-0.05, 0) is 32.3 Å². The first-order valence-electron chi connectivity index (χ1n) is 2.84. The van der Waals surface area contributed by atoms with Crippen LogP contribution in [0.15, 0.2) is 0 Å². The van der Waals surface area contributed by atoms with E-state index in [4.69, 9.17) is 0 Å². The maximum Gasteiger partial charge on any atom is 0.0129 e. The van der Waals surface area contributed by atoms with E-state index in [0.29, 0.717) is 0 Å². The molecule has 0 aliphatic carbocycles. The summed E-state index contributed by atoms with van der Waals surface area (Å²) in [6.07, 6.45) is 3.38. The standard InChI is InChI=1S/C5H12S4/c1-4-5(2)7-9-8-6-3/h5H,4H2,1-3H3. The fraction of sp³-hybridized carbons (Fsp3) is 1.00. The van der Waals surface area contributed by atoms with Crippen LogP contribution in [0.4, 0.5) is 0 Å². The van der Waals surface area contributed by atoms with E-state index in [1.54, 1.807) is 0 Å². The Bertz CT molecular complexity index is 56.9. The summed E-state index contributed by atoms with van der Waals surface area (Å²) in [6.45, 7) is 4.49. The Balaban J connectivity index is 2.88. The number of rotatable bonds is 5. The second-order valence-corrected chi connectivity index (χ2v) is 8.06. The minimum atomic E-state index is 0.801. The van der Waals surface area contributed by atoms with Gasteiger partial charge in [-0.15, -0.1) is 0 Å². The average Bonchev–Trinajstić information content (AvgIpc) is 1.89. The van der Waals surface area contributed by atoms with E-state index >= 15 is 0 Å². The van der Waals surface area contributed by atoms with E-state index in [1.807, 2.05) is 41.2 Å². The second-order valence-electron chi connectivity index (χ2n) is 1.62. The molecular formula is C5H12S4. The third-order valence-corrected chi connectivity index (χ3v) is 7.53. The summed E-state index contributed by atoms with van der Waals surface area (Å²) in [4.78, 5) is 0. The van der Waals surface area contributed by atoms with Crippen LogP contribution < -0.4 is 0 Å². The lowest BCUT2D eigenvalue weighted by Crippen LogP contribution is -1.86. The zero-order valence-corrected chi connectivity index (χ0v) is 9.18. The van der Waals surface area contributed by atoms with Crippen LogP contribution in [-0.2, 0) is 0 Å². The summed E-state index contributed by atoms with van der Waals surface area (Å²) in [5, 5.41) is 0.801. The Hall–Kier alpha value is 1.40. The van der Waals surface area contributed by atoms with Crippen LogP contribution in [-0.4, -0.2) is 11.5 Å². The molecule has 1 unspecified atom stereocenters. The molecule has 0 rings (SSSR count). The van der Waals surface area contributed by atoms with Gasteiger partial charge in [-0.2, -0.15) is 0 Å². The van der Waals surface area contributed by atoms with Crippen molar-refractivity contribution >= 4 is 41.2 Å². The van der Waals surface area contributed by atoms with Crippen molar-refractivity contribution in [3.8, 4) is 0 Å². The van der Waals surface area contributed by atoms with E-state index < -0.39 is 0 Å². The molecule has 0 N–H and O–H groups in total. The molecule has 0 aliphatic heterocycles. The van der Waals surface area contributed by atoms with Crippen LogP contribution >= 0.6 is 41.2 Å². The van der Waals surface area contributed by atoms with Crippen molar-refractivity contribution in [3.63, 3.8) is 0 Å². The van der Waals surface area contributed by atoms with Crippen molar-refractivity contribution in [2.75, 3.05) is 6.26 Å². The molecule has 0 nitrogen and oxygen atoms in total. The van der Waals surface area contributed by atoms with E-state index in [2.05, 4.69) is 20.1 Å². The highest BCUT2D eigenvalue weighted by atomic mass is 33.7. The van der Waals surface area contributed by atoms with Gasteiger partial charge in [0, 0.05) is 5.25 Å². The molecule has 0 saturated carbocycles. The second kappa shape index (κ2) is 7.51. The predicted molar refractivity (Wildman–Crippen MR) is 56.0 cm³/mol. The monoisotopic (exact) mass is 200 g/mol. The van der Waals surface area contributed by atoms with Crippen LogP contribution in [0.3, 0.4) is 0 Å². The first-order valence-corrected chi connectivity index (χ1v) is 8.12. The number of hydrogen-bond donors (Lipinski definition) is 0. The highest BCUT2D eigenvalue weighted by Crippen LogP contribution is 2.43. The van der Waals surface area contributed by atoms with Crippen molar-refractivity contribution < 1.29 is 0 Å². The lowest BCUT2D eigenvalue weighted by atomic mass is 10.4. The largest absolute Gasteiger partial charge is 0.0852 e. The molecule has 0 aromatic carbocycles. The van der Waals surface area contributed by atoms with Gasteiger partial charge in [-0.1, -0.05) is 35.4 Å². The van der Waals surface area contributed by atoms with Gasteiger partial charge in [0.15, 0.2) is 0 Å². The number of hydrogen-bond acceptors (Lipinski definition) is 4. The Morgan fingerprint density at radius 1 is 1.33 bits per heavy atom. The highest BCUT2D eigenvalue weighted by molar-refractivity contribution is 9.26. The third kappa shape index (κ3) is 7.30. The fourth-order valence-corrected chi connectivity index (χ4v) is 5.97. The van der Waals surface area contributed by atoms with Crippen molar-refractivity contribution in [1.29, 1.82) is 0 Å². The van der Waals surface area contributed by atoms with Gasteiger partial charge in [0.25, 0.3) is 0 Å². The Morgan fingerprint density at radius 3 is 2.44 bits per heavy atom. The molecule has 0 aromatic rings. The Morgan fingerprint density at radius 2 is 2.00 bits per heavy atom. The summed E-state index contributed by atoms with van der Waals surface area (Å²) in [6, 6.07) is 0. The fourth-order valence-electron chi connectivity index (χ4n) is 0.179. The molecular weight excluding hydrogens is 188 g/mol. The average molecular weight is 200 g/mol. The van der Waals surface area contributed by atoms with Crippen LogP contribution in [0, 0.1) is 0 Å². The Labute approximate surface area is 72.9 Å². The lowest BCUT2D eigenvalue weighted by molar-refractivity contribution is 0.912. The van der Waals surface area contributed by atoms with E-state index in [1.165, 1.54) is 6.42 Å². The quantitative estimate of drug-likeness (QED) is 0.484. The molecule has 0 bridgehead atoms. The molecule has 1 atom stereocenters. The first kappa shape index (κ1) is 10.4. The SMILES string of the molecule is CCC(C)SSSSC. The molecule has 0 saturated heterocycles. The molecule has 0 heterocycles. The van der Waals surface area contributed by atoms with Gasteiger partial charge < -0.3 is 0 Å².